The fourth-order valence-electron chi connectivity index (χ4n) is 0.254. The summed E-state index contributed by atoms with van der Waals surface area (Å²) in [4.78, 5) is 10.4. The molecule has 0 aliphatic carbocycles. The molecule has 0 aliphatic rings. The Bertz CT molecular complexity index is 125. The minimum absolute atomic E-state index is 0.312. The molecular formula is C6H10O2SSn. The summed E-state index contributed by atoms with van der Waals surface area (Å²) in [6.07, 6.45) is 0. The molecule has 0 amide bonds. The second kappa shape index (κ2) is 9.23. The molecule has 0 aromatic carbocycles. The van der Waals surface area contributed by atoms with Gasteiger partial charge in [-0.2, -0.15) is 0 Å². The van der Waals surface area contributed by atoms with Crippen LogP contribution in [0.4, 0.5) is 0 Å². The molecular weight excluding hydrogens is 255 g/mol. The van der Waals surface area contributed by atoms with Crippen molar-refractivity contribution < 1.29 is 9.53 Å². The predicted molar refractivity (Wildman–Crippen MR) is 44.8 cm³/mol. The third-order valence-corrected chi connectivity index (χ3v) is 0.624. The van der Waals surface area contributed by atoms with Crippen molar-refractivity contribution in [1.82, 2.24) is 0 Å². The standard InChI is InChI=1S/C6H10O2.S.Sn/c1-4-8-6(7)5(2)3;;/h2,4H2,1,3H3;;. The van der Waals surface area contributed by atoms with E-state index in [1.54, 1.807) is 13.8 Å². The maximum atomic E-state index is 10.4. The Morgan fingerprint density at radius 2 is 2.10 bits per heavy atom. The van der Waals surface area contributed by atoms with Crippen molar-refractivity contribution in [3.63, 3.8) is 0 Å². The van der Waals surface area contributed by atoms with E-state index in [-0.39, 0.29) is 5.97 Å². The van der Waals surface area contributed by atoms with Crippen molar-refractivity contribution >= 4 is 35.8 Å². The molecule has 0 aliphatic heterocycles. The molecule has 0 saturated heterocycles. The maximum absolute atomic E-state index is 10.4. The summed E-state index contributed by atoms with van der Waals surface area (Å²) >= 11 is 1.13. The van der Waals surface area contributed by atoms with Gasteiger partial charge in [-0.15, -0.1) is 0 Å². The summed E-state index contributed by atoms with van der Waals surface area (Å²) in [7, 11) is 4.17. The quantitative estimate of drug-likeness (QED) is 0.428. The van der Waals surface area contributed by atoms with Crippen LogP contribution in [0, 0.1) is 0 Å². The average Bonchev–Trinajstić information content (AvgIpc) is 1.93. The molecule has 0 heterocycles. The van der Waals surface area contributed by atoms with E-state index in [0.717, 1.165) is 20.6 Å². The van der Waals surface area contributed by atoms with E-state index in [0.29, 0.717) is 12.2 Å². The third-order valence-electron chi connectivity index (χ3n) is 0.624. The van der Waals surface area contributed by atoms with Gasteiger partial charge in [0.1, 0.15) is 0 Å². The third kappa shape index (κ3) is 8.23. The van der Waals surface area contributed by atoms with Gasteiger partial charge in [-0.1, -0.05) is 6.58 Å². The molecule has 4 heteroatoms. The topological polar surface area (TPSA) is 26.3 Å². The molecule has 0 fully saturated rings. The normalized spacial score (nSPS) is 7.00. The Balaban J connectivity index is 0. The molecule has 0 aromatic heterocycles. The van der Waals surface area contributed by atoms with E-state index in [9.17, 15) is 4.79 Å². The number of ether oxygens (including phenoxy) is 1. The first-order chi connectivity index (χ1) is 4.68. The fraction of sp³-hybridized carbons (Fsp3) is 0.500. The van der Waals surface area contributed by atoms with Crippen LogP contribution in [0.25, 0.3) is 0 Å². The summed E-state index contributed by atoms with van der Waals surface area (Å²) in [5.74, 6) is -0.312. The summed E-state index contributed by atoms with van der Waals surface area (Å²) < 4.78 is 4.56. The van der Waals surface area contributed by atoms with Crippen molar-refractivity contribution in [1.29, 1.82) is 0 Å². The SMILES string of the molecule is C=C(C)C(=O)OCC.[S]=[Sn]. The molecule has 0 aromatic rings. The molecule has 56 valence electrons. The molecule has 2 nitrogen and oxygen atoms in total. The fourth-order valence-corrected chi connectivity index (χ4v) is 0.254. The van der Waals surface area contributed by atoms with Crippen molar-refractivity contribution in [3.8, 4) is 0 Å². The molecule has 0 spiro atoms. The first-order valence-corrected chi connectivity index (χ1v) is 6.62. The van der Waals surface area contributed by atoms with Crippen LogP contribution in [0.5, 0.6) is 0 Å². The van der Waals surface area contributed by atoms with Gasteiger partial charge < -0.3 is 4.74 Å². The Kier molecular flexibility index (Phi) is 11.9. The Labute approximate surface area is 77.9 Å². The molecule has 0 saturated carbocycles. The first kappa shape index (κ1) is 12.9. The average molecular weight is 265 g/mol. The van der Waals surface area contributed by atoms with Crippen LogP contribution in [0.15, 0.2) is 12.2 Å². The van der Waals surface area contributed by atoms with Gasteiger partial charge >= 0.3 is 35.8 Å². The minimum atomic E-state index is -0.312. The monoisotopic (exact) mass is 266 g/mol. The van der Waals surface area contributed by atoms with Gasteiger partial charge in [-0.3, -0.25) is 0 Å². The van der Waals surface area contributed by atoms with Gasteiger partial charge in [-0.05, 0) is 13.8 Å². The van der Waals surface area contributed by atoms with Crippen LogP contribution in [-0.2, 0) is 9.53 Å². The van der Waals surface area contributed by atoms with Crippen molar-refractivity contribution in [2.24, 2.45) is 0 Å². The number of hydrogen-bond donors (Lipinski definition) is 0. The zero-order valence-corrected chi connectivity index (χ0v) is 9.81. The van der Waals surface area contributed by atoms with Gasteiger partial charge in [0.25, 0.3) is 0 Å². The van der Waals surface area contributed by atoms with Crippen LogP contribution < -0.4 is 0 Å². The Hall–Kier alpha value is 0.229. The number of carbonyl (C=O) groups excluding carboxylic acids is 1. The second-order valence-corrected chi connectivity index (χ2v) is 1.50. The van der Waals surface area contributed by atoms with Crippen LogP contribution in [-0.4, -0.2) is 33.2 Å². The first-order valence-electron chi connectivity index (χ1n) is 2.71. The molecule has 0 unspecified atom stereocenters. The van der Waals surface area contributed by atoms with Crippen LogP contribution in [0.2, 0.25) is 0 Å². The number of esters is 1. The van der Waals surface area contributed by atoms with E-state index in [4.69, 9.17) is 0 Å². The number of rotatable bonds is 2. The summed E-state index contributed by atoms with van der Waals surface area (Å²) in [6.45, 7) is 7.21. The van der Waals surface area contributed by atoms with Crippen LogP contribution in [0.1, 0.15) is 13.8 Å². The summed E-state index contributed by atoms with van der Waals surface area (Å²) in [5.41, 5.74) is 0.451. The molecule has 0 N–H and O–H groups in total. The zero-order chi connectivity index (χ0) is 8.57. The van der Waals surface area contributed by atoms with E-state index in [2.05, 4.69) is 20.6 Å². The van der Waals surface area contributed by atoms with Crippen LogP contribution >= 0.6 is 9.29 Å². The van der Waals surface area contributed by atoms with Crippen molar-refractivity contribution in [2.75, 3.05) is 6.61 Å². The van der Waals surface area contributed by atoms with E-state index < -0.39 is 0 Å². The second-order valence-electron chi connectivity index (χ2n) is 1.50. The molecule has 0 atom stereocenters. The molecule has 10 heavy (non-hydrogen) atoms. The summed E-state index contributed by atoms with van der Waals surface area (Å²) in [6, 6.07) is 0. The van der Waals surface area contributed by atoms with Crippen LogP contribution in [0.3, 0.4) is 0 Å². The van der Waals surface area contributed by atoms with Crippen molar-refractivity contribution in [3.05, 3.63) is 12.2 Å². The molecule has 2 radical (unpaired) electrons. The molecule has 0 rings (SSSR count). The van der Waals surface area contributed by atoms with Gasteiger partial charge in [-0.25, -0.2) is 4.79 Å². The Morgan fingerprint density at radius 3 is 2.20 bits per heavy atom. The Morgan fingerprint density at radius 1 is 1.70 bits per heavy atom. The summed E-state index contributed by atoms with van der Waals surface area (Å²) in [5, 5.41) is 0. The zero-order valence-electron chi connectivity index (χ0n) is 6.14. The van der Waals surface area contributed by atoms with E-state index >= 15 is 0 Å². The number of carbonyl (C=O) groups is 1. The predicted octanol–water partition coefficient (Wildman–Crippen LogP) is 1.39. The van der Waals surface area contributed by atoms with Gasteiger partial charge in [0.2, 0.25) is 0 Å². The molecule has 0 bridgehead atoms. The van der Waals surface area contributed by atoms with E-state index in [1.807, 2.05) is 0 Å². The number of hydrogen-bond acceptors (Lipinski definition) is 3. The van der Waals surface area contributed by atoms with Gasteiger partial charge in [0.05, 0.1) is 6.61 Å². The van der Waals surface area contributed by atoms with E-state index in [1.165, 1.54) is 0 Å². The van der Waals surface area contributed by atoms with Gasteiger partial charge in [0.15, 0.2) is 0 Å². The van der Waals surface area contributed by atoms with Gasteiger partial charge in [0, 0.05) is 5.57 Å². The van der Waals surface area contributed by atoms with Crippen molar-refractivity contribution in [2.45, 2.75) is 13.8 Å².